The predicted octanol–water partition coefficient (Wildman–Crippen LogP) is 4.11. The molecule has 0 N–H and O–H groups in total. The first kappa shape index (κ1) is 14.6. The first-order valence-corrected chi connectivity index (χ1v) is 6.26. The van der Waals surface area contributed by atoms with E-state index in [0.29, 0.717) is 0 Å². The molecule has 2 aromatic rings. The van der Waals surface area contributed by atoms with Crippen molar-refractivity contribution >= 4 is 21.7 Å². The Morgan fingerprint density at radius 2 is 1.65 bits per heavy atom. The van der Waals surface area contributed by atoms with Gasteiger partial charge >= 0.3 is 0 Å². The minimum Gasteiger partial charge on any atom is -0.497 e. The van der Waals surface area contributed by atoms with Crippen LogP contribution in [0.5, 0.6) is 5.75 Å². The van der Waals surface area contributed by atoms with Gasteiger partial charge in [0.05, 0.1) is 17.1 Å². The molecule has 2 nitrogen and oxygen atoms in total. The van der Waals surface area contributed by atoms with Crippen LogP contribution in [-0.4, -0.2) is 12.9 Å². The van der Waals surface area contributed by atoms with Crippen molar-refractivity contribution in [1.29, 1.82) is 0 Å². The maximum Gasteiger partial charge on any atom is 0.198 e. The first-order chi connectivity index (χ1) is 9.43. The fourth-order valence-electron chi connectivity index (χ4n) is 1.67. The lowest BCUT2D eigenvalue weighted by Crippen LogP contribution is -2.08. The number of carbonyl (C=O) groups excluding carboxylic acids is 1. The van der Waals surface area contributed by atoms with Gasteiger partial charge in [-0.25, -0.2) is 13.2 Å². The largest absolute Gasteiger partial charge is 0.497 e. The molecule has 0 aliphatic heterocycles. The van der Waals surface area contributed by atoms with E-state index in [1.165, 1.54) is 13.2 Å². The van der Waals surface area contributed by atoms with Crippen LogP contribution in [0.15, 0.2) is 34.8 Å². The van der Waals surface area contributed by atoms with Crippen molar-refractivity contribution in [3.05, 3.63) is 63.4 Å². The zero-order chi connectivity index (χ0) is 14.9. The van der Waals surface area contributed by atoms with Gasteiger partial charge < -0.3 is 4.74 Å². The predicted molar refractivity (Wildman–Crippen MR) is 70.4 cm³/mol. The Kier molecular flexibility index (Phi) is 4.13. The van der Waals surface area contributed by atoms with Gasteiger partial charge in [-0.3, -0.25) is 4.79 Å². The van der Waals surface area contributed by atoms with Crippen molar-refractivity contribution in [2.75, 3.05) is 7.11 Å². The van der Waals surface area contributed by atoms with E-state index in [9.17, 15) is 18.0 Å². The summed E-state index contributed by atoms with van der Waals surface area (Å²) < 4.78 is 45.4. The van der Waals surface area contributed by atoms with Crippen LogP contribution in [0.1, 0.15) is 15.9 Å². The molecule has 104 valence electrons. The van der Waals surface area contributed by atoms with Crippen molar-refractivity contribution < 1.29 is 22.7 Å². The second-order valence-corrected chi connectivity index (χ2v) is 4.78. The third-order valence-corrected chi connectivity index (χ3v) is 3.27. The highest BCUT2D eigenvalue weighted by atomic mass is 79.9. The molecule has 0 atom stereocenters. The fraction of sp³-hybridized carbons (Fsp3) is 0.0714. The number of benzene rings is 2. The molecule has 0 fully saturated rings. The molecular formula is C14H8BrF3O2. The van der Waals surface area contributed by atoms with Crippen LogP contribution in [0.25, 0.3) is 0 Å². The summed E-state index contributed by atoms with van der Waals surface area (Å²) in [4.78, 5) is 12.1. The summed E-state index contributed by atoms with van der Waals surface area (Å²) in [7, 11) is 1.26. The molecule has 0 spiro atoms. The first-order valence-electron chi connectivity index (χ1n) is 5.47. The van der Waals surface area contributed by atoms with Crippen LogP contribution >= 0.6 is 15.9 Å². The second kappa shape index (κ2) is 5.66. The molecule has 2 rings (SSSR count). The second-order valence-electron chi connectivity index (χ2n) is 3.92. The van der Waals surface area contributed by atoms with Gasteiger partial charge in [0.15, 0.2) is 5.78 Å². The maximum atomic E-state index is 13.8. The Bertz CT molecular complexity index is 663. The summed E-state index contributed by atoms with van der Waals surface area (Å²) in [5.41, 5.74) is -0.731. The summed E-state index contributed by atoms with van der Waals surface area (Å²) in [5, 5.41) is 0. The molecule has 0 unspecified atom stereocenters. The summed E-state index contributed by atoms with van der Waals surface area (Å²) in [6, 6.07) is 5.19. The van der Waals surface area contributed by atoms with Crippen LogP contribution in [0, 0.1) is 17.5 Å². The smallest absolute Gasteiger partial charge is 0.198 e. The highest BCUT2D eigenvalue weighted by Crippen LogP contribution is 2.25. The van der Waals surface area contributed by atoms with Gasteiger partial charge in [0.2, 0.25) is 0 Å². The van der Waals surface area contributed by atoms with Gasteiger partial charge in [-0.15, -0.1) is 0 Å². The normalized spacial score (nSPS) is 10.4. The van der Waals surface area contributed by atoms with Crippen molar-refractivity contribution in [2.45, 2.75) is 0 Å². The Labute approximate surface area is 121 Å². The standard InChI is InChI=1S/C14H8BrF3O2/c1-20-8-5-11(17)13(12(18)6-8)14(19)7-2-3-10(16)9(15)4-7/h2-6H,1H3. The number of hydrogen-bond acceptors (Lipinski definition) is 2. The van der Waals surface area contributed by atoms with Crippen LogP contribution in [0.2, 0.25) is 0 Å². The fourth-order valence-corrected chi connectivity index (χ4v) is 2.05. The van der Waals surface area contributed by atoms with E-state index in [-0.39, 0.29) is 15.8 Å². The van der Waals surface area contributed by atoms with E-state index < -0.39 is 28.8 Å². The highest BCUT2D eigenvalue weighted by Gasteiger charge is 2.21. The van der Waals surface area contributed by atoms with Gasteiger partial charge in [-0.1, -0.05) is 0 Å². The van der Waals surface area contributed by atoms with Crippen LogP contribution in [0.3, 0.4) is 0 Å². The Hall–Kier alpha value is -1.82. The molecule has 20 heavy (non-hydrogen) atoms. The topological polar surface area (TPSA) is 26.3 Å². The Morgan fingerprint density at radius 1 is 1.05 bits per heavy atom. The lowest BCUT2D eigenvalue weighted by atomic mass is 10.0. The Balaban J connectivity index is 2.50. The van der Waals surface area contributed by atoms with Gasteiger partial charge in [0.25, 0.3) is 0 Å². The molecule has 0 aliphatic rings. The highest BCUT2D eigenvalue weighted by molar-refractivity contribution is 9.10. The zero-order valence-corrected chi connectivity index (χ0v) is 11.8. The summed E-state index contributed by atoms with van der Waals surface area (Å²) >= 11 is 2.91. The summed E-state index contributed by atoms with van der Waals surface area (Å²) in [6.07, 6.45) is 0. The number of rotatable bonds is 3. The average molecular weight is 345 g/mol. The van der Waals surface area contributed by atoms with Gasteiger partial charge in [-0.05, 0) is 34.1 Å². The van der Waals surface area contributed by atoms with Crippen molar-refractivity contribution in [2.24, 2.45) is 0 Å². The lowest BCUT2D eigenvalue weighted by Gasteiger charge is -2.07. The summed E-state index contributed by atoms with van der Waals surface area (Å²) in [6.45, 7) is 0. The third-order valence-electron chi connectivity index (χ3n) is 2.66. The van der Waals surface area contributed by atoms with Gasteiger partial charge in [-0.2, -0.15) is 0 Å². The minimum atomic E-state index is -1.03. The van der Waals surface area contributed by atoms with E-state index >= 15 is 0 Å². The number of ether oxygens (including phenoxy) is 1. The zero-order valence-electron chi connectivity index (χ0n) is 10.2. The van der Waals surface area contributed by atoms with Crippen molar-refractivity contribution in [3.8, 4) is 5.75 Å². The molecule has 0 amide bonds. The van der Waals surface area contributed by atoms with Crippen LogP contribution < -0.4 is 4.74 Å². The molecule has 0 radical (unpaired) electrons. The SMILES string of the molecule is COc1cc(F)c(C(=O)c2ccc(F)c(Br)c2)c(F)c1. The molecule has 0 heterocycles. The molecule has 0 aromatic heterocycles. The third kappa shape index (κ3) is 2.70. The molecule has 6 heteroatoms. The quantitative estimate of drug-likeness (QED) is 0.783. The molecular weight excluding hydrogens is 337 g/mol. The molecule has 0 bridgehead atoms. The number of carbonyl (C=O) groups is 1. The monoisotopic (exact) mass is 344 g/mol. The Morgan fingerprint density at radius 3 is 2.15 bits per heavy atom. The van der Waals surface area contributed by atoms with Crippen LogP contribution in [0.4, 0.5) is 13.2 Å². The van der Waals surface area contributed by atoms with E-state index in [0.717, 1.165) is 24.3 Å². The number of hydrogen-bond donors (Lipinski definition) is 0. The van der Waals surface area contributed by atoms with Crippen LogP contribution in [-0.2, 0) is 0 Å². The maximum absolute atomic E-state index is 13.8. The lowest BCUT2D eigenvalue weighted by molar-refractivity contribution is 0.103. The molecule has 2 aromatic carbocycles. The molecule has 0 saturated carbocycles. The molecule has 0 aliphatic carbocycles. The van der Waals surface area contributed by atoms with E-state index in [4.69, 9.17) is 4.74 Å². The van der Waals surface area contributed by atoms with Crippen molar-refractivity contribution in [1.82, 2.24) is 0 Å². The van der Waals surface area contributed by atoms with Gasteiger partial charge in [0.1, 0.15) is 23.2 Å². The van der Waals surface area contributed by atoms with E-state index in [1.54, 1.807) is 0 Å². The number of ketones is 1. The number of methoxy groups -OCH3 is 1. The minimum absolute atomic E-state index is 0.0266. The number of halogens is 4. The average Bonchev–Trinajstić information content (AvgIpc) is 2.40. The van der Waals surface area contributed by atoms with E-state index in [1.807, 2.05) is 0 Å². The summed E-state index contributed by atoms with van der Waals surface area (Å²) in [5.74, 6) is -3.54. The van der Waals surface area contributed by atoms with E-state index in [2.05, 4.69) is 15.9 Å². The van der Waals surface area contributed by atoms with Gasteiger partial charge in [0, 0.05) is 17.7 Å². The van der Waals surface area contributed by atoms with Crippen molar-refractivity contribution in [3.63, 3.8) is 0 Å². The molecule has 0 saturated heterocycles.